The lowest BCUT2D eigenvalue weighted by Crippen LogP contribution is -2.64. The number of sulfone groups is 1. The Hall–Kier alpha value is -2.70. The number of carbonyl (C=O) groups excluding carboxylic acids is 5. The molecule has 5 amide bonds. The molecule has 1 heterocycles. The molecule has 4 rings (SSSR count). The standard InChI is InChI=1S/C34H57N5O7S/c1-32(2,3)27(37-31(44)38-34(16-8-7-9-17-34)20-47(45,46)33(4,5)6)30(43)39-19-22-14-11-15-23(22)25(39)29(42)36-24(26(40)28(35)41)18-21-12-10-13-21/h21-25,27H,7-20H2,1-6H3,(H2,35,41)(H,36,42)(H2,37,38,44)/t22-,23-,24?,25-,27?/m0/s1. The molecule has 2 unspecified atom stereocenters. The summed E-state index contributed by atoms with van der Waals surface area (Å²) < 4.78 is 25.6. The third-order valence-electron chi connectivity index (χ3n) is 11.1. The van der Waals surface area contributed by atoms with Gasteiger partial charge in [0.15, 0.2) is 9.84 Å². The van der Waals surface area contributed by atoms with E-state index in [4.69, 9.17) is 5.73 Å². The first-order valence-electron chi connectivity index (χ1n) is 17.5. The predicted molar refractivity (Wildman–Crippen MR) is 179 cm³/mol. The number of carbonyl (C=O) groups is 5. The number of nitrogens with two attached hydrogens (primary N) is 1. The maximum Gasteiger partial charge on any atom is 0.315 e. The minimum Gasteiger partial charge on any atom is -0.363 e. The van der Waals surface area contributed by atoms with E-state index in [0.29, 0.717) is 25.8 Å². The zero-order chi connectivity index (χ0) is 34.9. The molecule has 266 valence electrons. The van der Waals surface area contributed by atoms with Gasteiger partial charge in [0.1, 0.15) is 12.1 Å². The van der Waals surface area contributed by atoms with E-state index in [-0.39, 0.29) is 23.5 Å². The number of fused-ring (bicyclic) bond motifs is 1. The first-order valence-corrected chi connectivity index (χ1v) is 19.2. The predicted octanol–water partition coefficient (Wildman–Crippen LogP) is 2.97. The SMILES string of the molecule is CC(C)(C)C(NC(=O)NC1(CS(=O)(=O)C(C)(C)C)CCCCC1)C(=O)N1C[C@@H]2CCC[C@@H]2[C@H]1C(=O)NC(CC1CCC1)C(=O)C(N)=O. The van der Waals surface area contributed by atoms with Crippen LogP contribution < -0.4 is 21.7 Å². The first kappa shape index (κ1) is 37.1. The van der Waals surface area contributed by atoms with Crippen LogP contribution in [0.15, 0.2) is 0 Å². The molecule has 5 atom stereocenters. The number of hydrogen-bond acceptors (Lipinski definition) is 7. The molecule has 3 aliphatic carbocycles. The van der Waals surface area contributed by atoms with E-state index in [2.05, 4.69) is 16.0 Å². The molecule has 3 saturated carbocycles. The second-order valence-electron chi connectivity index (χ2n) is 16.7. The number of rotatable bonds is 11. The molecule has 12 nitrogen and oxygen atoms in total. The third kappa shape index (κ3) is 8.48. The summed E-state index contributed by atoms with van der Waals surface area (Å²) in [4.78, 5) is 68.3. The summed E-state index contributed by atoms with van der Waals surface area (Å²) in [6.45, 7) is 10.8. The normalized spacial score (nSPS) is 26.0. The number of likely N-dealkylation sites (tertiary alicyclic amines) is 1. The summed E-state index contributed by atoms with van der Waals surface area (Å²) in [6.07, 6.45) is 9.32. The Morgan fingerprint density at radius 2 is 1.49 bits per heavy atom. The highest BCUT2D eigenvalue weighted by Gasteiger charge is 2.52. The van der Waals surface area contributed by atoms with Gasteiger partial charge < -0.3 is 26.6 Å². The molecule has 1 aliphatic heterocycles. The Labute approximate surface area is 280 Å². The van der Waals surface area contributed by atoms with E-state index in [1.807, 2.05) is 20.8 Å². The molecule has 0 spiro atoms. The molecule has 0 radical (unpaired) electrons. The number of nitrogens with zero attached hydrogens (tertiary/aromatic N) is 1. The van der Waals surface area contributed by atoms with Gasteiger partial charge in [-0.3, -0.25) is 19.2 Å². The van der Waals surface area contributed by atoms with Gasteiger partial charge in [-0.2, -0.15) is 0 Å². The lowest BCUT2D eigenvalue weighted by atomic mass is 9.80. The molecule has 0 aromatic rings. The van der Waals surface area contributed by atoms with Gasteiger partial charge in [0.2, 0.25) is 17.6 Å². The van der Waals surface area contributed by atoms with Gasteiger partial charge in [0.25, 0.3) is 5.91 Å². The van der Waals surface area contributed by atoms with Crippen LogP contribution in [0.2, 0.25) is 0 Å². The zero-order valence-electron chi connectivity index (χ0n) is 29.2. The number of Topliss-reactive ketones (excluding diaryl/α,β-unsaturated/α-hetero) is 1. The second kappa shape index (κ2) is 14.0. The van der Waals surface area contributed by atoms with Gasteiger partial charge in [-0.05, 0) is 76.0 Å². The van der Waals surface area contributed by atoms with E-state index in [0.717, 1.165) is 57.8 Å². The maximum atomic E-state index is 14.4. The Morgan fingerprint density at radius 1 is 0.872 bits per heavy atom. The van der Waals surface area contributed by atoms with Crippen LogP contribution >= 0.6 is 0 Å². The average molecular weight is 680 g/mol. The number of primary amides is 1. The summed E-state index contributed by atoms with van der Waals surface area (Å²) >= 11 is 0. The van der Waals surface area contributed by atoms with Crippen molar-refractivity contribution in [2.24, 2.45) is 28.9 Å². The van der Waals surface area contributed by atoms with Crippen molar-refractivity contribution in [2.75, 3.05) is 12.3 Å². The number of hydrogen-bond donors (Lipinski definition) is 4. The monoisotopic (exact) mass is 679 g/mol. The smallest absolute Gasteiger partial charge is 0.315 e. The van der Waals surface area contributed by atoms with Crippen molar-refractivity contribution in [2.45, 2.75) is 147 Å². The van der Waals surface area contributed by atoms with Crippen LogP contribution in [0.25, 0.3) is 0 Å². The summed E-state index contributed by atoms with van der Waals surface area (Å²) in [6, 6.07) is -3.52. The zero-order valence-corrected chi connectivity index (χ0v) is 30.0. The highest BCUT2D eigenvalue weighted by Crippen LogP contribution is 2.43. The highest BCUT2D eigenvalue weighted by molar-refractivity contribution is 7.92. The van der Waals surface area contributed by atoms with E-state index in [1.165, 1.54) is 0 Å². The number of ketones is 1. The van der Waals surface area contributed by atoms with Crippen molar-refractivity contribution >= 4 is 39.4 Å². The molecule has 1 saturated heterocycles. The van der Waals surface area contributed by atoms with Gasteiger partial charge in [-0.1, -0.05) is 65.7 Å². The van der Waals surface area contributed by atoms with Crippen LogP contribution in [0.5, 0.6) is 0 Å². The van der Waals surface area contributed by atoms with Crippen LogP contribution in [0.3, 0.4) is 0 Å². The quantitative estimate of drug-likeness (QED) is 0.242. The molecule has 13 heteroatoms. The summed E-state index contributed by atoms with van der Waals surface area (Å²) in [5.74, 6) is -2.76. The second-order valence-corrected chi connectivity index (χ2v) is 19.5. The summed E-state index contributed by atoms with van der Waals surface area (Å²) in [5, 5.41) is 8.70. The first-order chi connectivity index (χ1) is 21.7. The number of urea groups is 1. The number of nitrogens with one attached hydrogen (secondary N) is 3. The molecule has 0 aromatic heterocycles. The fourth-order valence-electron chi connectivity index (χ4n) is 7.93. The van der Waals surface area contributed by atoms with Gasteiger partial charge in [-0.15, -0.1) is 0 Å². The van der Waals surface area contributed by atoms with Gasteiger partial charge >= 0.3 is 6.03 Å². The Morgan fingerprint density at radius 3 is 2.02 bits per heavy atom. The van der Waals surface area contributed by atoms with E-state index in [1.54, 1.807) is 25.7 Å². The molecule has 4 aliphatic rings. The lowest BCUT2D eigenvalue weighted by molar-refractivity contribution is -0.144. The Balaban J connectivity index is 1.55. The van der Waals surface area contributed by atoms with Crippen LogP contribution in [0.1, 0.15) is 119 Å². The summed E-state index contributed by atoms with van der Waals surface area (Å²) in [5.41, 5.74) is 3.64. The minimum absolute atomic E-state index is 0.102. The van der Waals surface area contributed by atoms with Crippen LogP contribution in [-0.2, 0) is 29.0 Å². The molecule has 4 fully saturated rings. The third-order valence-corrected chi connectivity index (χ3v) is 13.9. The Kier molecular flexibility index (Phi) is 11.1. The lowest BCUT2D eigenvalue weighted by Gasteiger charge is -2.41. The summed E-state index contributed by atoms with van der Waals surface area (Å²) in [7, 11) is -3.56. The van der Waals surface area contributed by atoms with Crippen molar-refractivity contribution < 1.29 is 32.4 Å². The topological polar surface area (TPSA) is 185 Å². The molecule has 47 heavy (non-hydrogen) atoms. The molecule has 5 N–H and O–H groups in total. The Bertz CT molecular complexity index is 1320. The maximum absolute atomic E-state index is 14.4. The van der Waals surface area contributed by atoms with Gasteiger partial charge in [-0.25, -0.2) is 13.2 Å². The van der Waals surface area contributed by atoms with Crippen LogP contribution in [0, 0.1) is 23.2 Å². The van der Waals surface area contributed by atoms with Crippen LogP contribution in [-0.4, -0.2) is 83.6 Å². The van der Waals surface area contributed by atoms with Crippen molar-refractivity contribution in [3.63, 3.8) is 0 Å². The largest absolute Gasteiger partial charge is 0.363 e. The van der Waals surface area contributed by atoms with E-state index >= 15 is 0 Å². The number of amides is 5. The van der Waals surface area contributed by atoms with Gasteiger partial charge in [0, 0.05) is 6.54 Å². The molecular formula is C34H57N5O7S. The molecular weight excluding hydrogens is 622 g/mol. The van der Waals surface area contributed by atoms with Crippen molar-refractivity contribution in [3.8, 4) is 0 Å². The molecule has 0 bridgehead atoms. The fraction of sp³-hybridized carbons (Fsp3) is 0.853. The highest BCUT2D eigenvalue weighted by atomic mass is 32.2. The average Bonchev–Trinajstić information content (AvgIpc) is 3.52. The van der Waals surface area contributed by atoms with Crippen molar-refractivity contribution in [3.05, 3.63) is 0 Å². The van der Waals surface area contributed by atoms with Crippen molar-refractivity contribution in [1.29, 1.82) is 0 Å². The molecule has 0 aromatic carbocycles. The van der Waals surface area contributed by atoms with Crippen molar-refractivity contribution in [1.82, 2.24) is 20.9 Å². The van der Waals surface area contributed by atoms with Gasteiger partial charge in [0.05, 0.1) is 22.1 Å². The van der Waals surface area contributed by atoms with E-state index < -0.39 is 73.2 Å². The van der Waals surface area contributed by atoms with E-state index in [9.17, 15) is 32.4 Å². The van der Waals surface area contributed by atoms with Crippen LogP contribution in [0.4, 0.5) is 4.79 Å². The minimum atomic E-state index is -3.56. The fourth-order valence-corrected chi connectivity index (χ4v) is 9.45.